The Morgan fingerprint density at radius 2 is 2.04 bits per heavy atom. The second-order valence-electron chi connectivity index (χ2n) is 5.55. The molecular formula is C17H24N4O2. The van der Waals surface area contributed by atoms with E-state index < -0.39 is 0 Å². The Kier molecular flexibility index (Phi) is 6.59. The fourth-order valence-electron chi connectivity index (χ4n) is 2.29. The Labute approximate surface area is 136 Å². The van der Waals surface area contributed by atoms with Crippen LogP contribution in [0, 0.1) is 6.92 Å². The first-order valence-electron chi connectivity index (χ1n) is 7.97. The molecule has 1 heterocycles. The second-order valence-corrected chi connectivity index (χ2v) is 5.55. The van der Waals surface area contributed by atoms with Crippen molar-refractivity contribution in [3.63, 3.8) is 0 Å². The summed E-state index contributed by atoms with van der Waals surface area (Å²) >= 11 is 0. The zero-order chi connectivity index (χ0) is 16.5. The highest BCUT2D eigenvalue weighted by molar-refractivity contribution is 5.75. The van der Waals surface area contributed by atoms with Gasteiger partial charge in [-0.2, -0.15) is 4.98 Å². The van der Waals surface area contributed by atoms with Crippen LogP contribution >= 0.6 is 0 Å². The minimum absolute atomic E-state index is 0.0728. The minimum Gasteiger partial charge on any atom is -0.375 e. The molecule has 0 atom stereocenters. The van der Waals surface area contributed by atoms with Crippen LogP contribution in [0.5, 0.6) is 0 Å². The van der Waals surface area contributed by atoms with E-state index in [1.54, 1.807) is 6.92 Å². The van der Waals surface area contributed by atoms with Crippen LogP contribution in [0.25, 0.3) is 0 Å². The molecular weight excluding hydrogens is 292 g/mol. The summed E-state index contributed by atoms with van der Waals surface area (Å²) in [6.07, 6.45) is 2.76. The van der Waals surface area contributed by atoms with Crippen LogP contribution in [0.2, 0.25) is 0 Å². The maximum Gasteiger partial charge on any atom is 0.226 e. The van der Waals surface area contributed by atoms with Gasteiger partial charge in [-0.3, -0.25) is 4.79 Å². The lowest BCUT2D eigenvalue weighted by Crippen LogP contribution is -2.28. The van der Waals surface area contributed by atoms with Gasteiger partial charge in [0.25, 0.3) is 0 Å². The van der Waals surface area contributed by atoms with E-state index in [1.165, 1.54) is 5.69 Å². The monoisotopic (exact) mass is 316 g/mol. The molecule has 6 nitrogen and oxygen atoms in total. The number of para-hydroxylation sites is 1. The van der Waals surface area contributed by atoms with Crippen molar-refractivity contribution in [2.75, 3.05) is 25.0 Å². The third-order valence-electron chi connectivity index (χ3n) is 3.55. The summed E-state index contributed by atoms with van der Waals surface area (Å²) in [7, 11) is 2.06. The second kappa shape index (κ2) is 8.92. The lowest BCUT2D eigenvalue weighted by molar-refractivity contribution is -0.121. The number of aryl methyl sites for hydroxylation is 2. The maximum absolute atomic E-state index is 11.8. The summed E-state index contributed by atoms with van der Waals surface area (Å²) in [5, 5.41) is 6.67. The van der Waals surface area contributed by atoms with E-state index in [-0.39, 0.29) is 5.91 Å². The van der Waals surface area contributed by atoms with Crippen molar-refractivity contribution >= 4 is 11.6 Å². The maximum atomic E-state index is 11.8. The summed E-state index contributed by atoms with van der Waals surface area (Å²) in [6, 6.07) is 10.2. The van der Waals surface area contributed by atoms with Crippen molar-refractivity contribution in [2.24, 2.45) is 0 Å². The molecule has 1 N–H and O–H groups in total. The lowest BCUT2D eigenvalue weighted by atomic mass is 10.2. The fraction of sp³-hybridized carbons (Fsp3) is 0.471. The van der Waals surface area contributed by atoms with Crippen LogP contribution in [-0.4, -0.2) is 36.2 Å². The summed E-state index contributed by atoms with van der Waals surface area (Å²) in [5.41, 5.74) is 1.19. The van der Waals surface area contributed by atoms with Gasteiger partial charge in [0.1, 0.15) is 0 Å². The van der Waals surface area contributed by atoms with Gasteiger partial charge < -0.3 is 14.7 Å². The zero-order valence-corrected chi connectivity index (χ0v) is 13.8. The number of carbonyl (C=O) groups is 1. The van der Waals surface area contributed by atoms with Crippen LogP contribution in [0.3, 0.4) is 0 Å². The summed E-state index contributed by atoms with van der Waals surface area (Å²) in [5.74, 6) is 1.30. The molecule has 0 spiro atoms. The highest BCUT2D eigenvalue weighted by Crippen LogP contribution is 2.10. The normalized spacial score (nSPS) is 10.5. The van der Waals surface area contributed by atoms with Gasteiger partial charge >= 0.3 is 0 Å². The number of nitrogens with one attached hydrogen (secondary N) is 1. The molecule has 1 amide bonds. The summed E-state index contributed by atoms with van der Waals surface area (Å²) < 4.78 is 5.01. The van der Waals surface area contributed by atoms with Gasteiger partial charge in [-0.1, -0.05) is 23.4 Å². The minimum atomic E-state index is 0.0728. The highest BCUT2D eigenvalue weighted by atomic mass is 16.5. The van der Waals surface area contributed by atoms with Crippen molar-refractivity contribution < 1.29 is 9.32 Å². The zero-order valence-electron chi connectivity index (χ0n) is 13.8. The van der Waals surface area contributed by atoms with E-state index in [2.05, 4.69) is 39.5 Å². The van der Waals surface area contributed by atoms with Crippen molar-refractivity contribution in [1.29, 1.82) is 0 Å². The Morgan fingerprint density at radius 3 is 2.74 bits per heavy atom. The van der Waals surface area contributed by atoms with E-state index in [4.69, 9.17) is 4.52 Å². The Bertz CT molecular complexity index is 598. The molecule has 0 radical (unpaired) electrons. The number of carbonyl (C=O) groups excluding carboxylic acids is 1. The molecule has 124 valence electrons. The summed E-state index contributed by atoms with van der Waals surface area (Å²) in [4.78, 5) is 18.1. The largest absolute Gasteiger partial charge is 0.375 e. The van der Waals surface area contributed by atoms with Gasteiger partial charge in [-0.15, -0.1) is 0 Å². The molecule has 0 aliphatic carbocycles. The predicted molar refractivity (Wildman–Crippen MR) is 89.3 cm³/mol. The molecule has 0 bridgehead atoms. The summed E-state index contributed by atoms with van der Waals surface area (Å²) in [6.45, 7) is 3.38. The molecule has 1 aromatic heterocycles. The van der Waals surface area contributed by atoms with Gasteiger partial charge in [0.2, 0.25) is 11.8 Å². The molecule has 1 aromatic carbocycles. The van der Waals surface area contributed by atoms with Gasteiger partial charge in [0, 0.05) is 38.7 Å². The smallest absolute Gasteiger partial charge is 0.226 e. The average Bonchev–Trinajstić information content (AvgIpc) is 2.97. The highest BCUT2D eigenvalue weighted by Gasteiger charge is 2.06. The molecule has 0 unspecified atom stereocenters. The SMILES string of the molecule is Cc1noc(CCCC(=O)NCCCN(C)c2ccccc2)n1. The van der Waals surface area contributed by atoms with E-state index >= 15 is 0 Å². The van der Waals surface area contributed by atoms with Gasteiger partial charge in [0.15, 0.2) is 5.82 Å². The predicted octanol–water partition coefficient (Wildman–Crippen LogP) is 2.34. The van der Waals surface area contributed by atoms with Crippen molar-refractivity contribution in [1.82, 2.24) is 15.5 Å². The number of nitrogens with zero attached hydrogens (tertiary/aromatic N) is 3. The topological polar surface area (TPSA) is 71.3 Å². The molecule has 23 heavy (non-hydrogen) atoms. The Balaban J connectivity index is 1.54. The van der Waals surface area contributed by atoms with E-state index in [9.17, 15) is 4.79 Å². The van der Waals surface area contributed by atoms with Crippen LogP contribution in [-0.2, 0) is 11.2 Å². The third kappa shape index (κ3) is 6.10. The number of anilines is 1. The molecule has 0 saturated carbocycles. The van der Waals surface area contributed by atoms with Crippen LogP contribution in [0.4, 0.5) is 5.69 Å². The number of amides is 1. The first-order chi connectivity index (χ1) is 11.1. The first-order valence-corrected chi connectivity index (χ1v) is 7.97. The number of hydrogen-bond donors (Lipinski definition) is 1. The lowest BCUT2D eigenvalue weighted by Gasteiger charge is -2.19. The third-order valence-corrected chi connectivity index (χ3v) is 3.55. The van der Waals surface area contributed by atoms with Crippen LogP contribution in [0.1, 0.15) is 31.0 Å². The van der Waals surface area contributed by atoms with E-state index in [1.807, 2.05) is 18.2 Å². The quantitative estimate of drug-likeness (QED) is 0.719. The first kappa shape index (κ1) is 17.0. The van der Waals surface area contributed by atoms with E-state index in [0.29, 0.717) is 31.1 Å². The van der Waals surface area contributed by atoms with Gasteiger partial charge in [-0.05, 0) is 31.9 Å². The molecule has 2 aromatic rings. The molecule has 0 aliphatic rings. The van der Waals surface area contributed by atoms with Crippen LogP contribution < -0.4 is 10.2 Å². The van der Waals surface area contributed by atoms with E-state index in [0.717, 1.165) is 19.4 Å². The fourth-order valence-corrected chi connectivity index (χ4v) is 2.29. The molecule has 0 aliphatic heterocycles. The van der Waals surface area contributed by atoms with Crippen molar-refractivity contribution in [3.05, 3.63) is 42.0 Å². The van der Waals surface area contributed by atoms with Crippen molar-refractivity contribution in [2.45, 2.75) is 32.6 Å². The Hall–Kier alpha value is -2.37. The molecule has 0 fully saturated rings. The number of aromatic nitrogens is 2. The molecule has 6 heteroatoms. The van der Waals surface area contributed by atoms with Crippen LogP contribution in [0.15, 0.2) is 34.9 Å². The van der Waals surface area contributed by atoms with Gasteiger partial charge in [0.05, 0.1) is 0 Å². The molecule has 0 saturated heterocycles. The average molecular weight is 316 g/mol. The van der Waals surface area contributed by atoms with Crippen molar-refractivity contribution in [3.8, 4) is 0 Å². The number of rotatable bonds is 9. The number of hydrogen-bond acceptors (Lipinski definition) is 5. The number of benzene rings is 1. The Morgan fingerprint density at radius 1 is 1.26 bits per heavy atom. The standard InChI is InChI=1S/C17H24N4O2/c1-14-19-17(23-20-14)11-6-10-16(22)18-12-7-13-21(2)15-8-4-3-5-9-15/h3-5,8-9H,6-7,10-13H2,1-2H3,(H,18,22). The van der Waals surface area contributed by atoms with Gasteiger partial charge in [-0.25, -0.2) is 0 Å². The molecule has 2 rings (SSSR count).